The Morgan fingerprint density at radius 1 is 1.38 bits per heavy atom. The van der Waals surface area contributed by atoms with E-state index >= 15 is 0 Å². The van der Waals surface area contributed by atoms with Gasteiger partial charge in [-0.05, 0) is 27.7 Å². The summed E-state index contributed by atoms with van der Waals surface area (Å²) in [5.41, 5.74) is 4.42. The highest BCUT2D eigenvalue weighted by Crippen LogP contribution is 2.15. The Bertz CT molecular complexity index is 736. The van der Waals surface area contributed by atoms with Crippen LogP contribution in [0.3, 0.4) is 0 Å². The molecule has 0 bridgehead atoms. The van der Waals surface area contributed by atoms with Crippen LogP contribution in [-0.4, -0.2) is 52.9 Å². The van der Waals surface area contributed by atoms with Crippen LogP contribution in [0.1, 0.15) is 34.6 Å². The number of nitrogens with zero attached hydrogens (tertiary/aromatic N) is 5. The predicted octanol–water partition coefficient (Wildman–Crippen LogP) is 2.51. The van der Waals surface area contributed by atoms with Gasteiger partial charge in [0.15, 0.2) is 5.96 Å². The second-order valence-electron chi connectivity index (χ2n) is 6.25. The highest BCUT2D eigenvalue weighted by molar-refractivity contribution is 7.09. The maximum atomic E-state index is 5.16. The number of nitrogens with one attached hydrogen (secondary N) is 1. The molecule has 1 N–H and O–H groups in total. The third-order valence-electron chi connectivity index (χ3n) is 4.19. The minimum Gasteiger partial charge on any atom is -0.383 e. The topological polar surface area (TPSA) is 67.6 Å². The van der Waals surface area contributed by atoms with E-state index in [0.29, 0.717) is 13.2 Å². The average molecular weight is 379 g/mol. The monoisotopic (exact) mass is 378 g/mol. The van der Waals surface area contributed by atoms with E-state index in [1.807, 2.05) is 25.6 Å². The Morgan fingerprint density at radius 3 is 2.77 bits per heavy atom. The number of ether oxygens (including phenoxy) is 1. The van der Waals surface area contributed by atoms with E-state index in [0.717, 1.165) is 47.7 Å². The maximum absolute atomic E-state index is 5.16. The molecule has 0 aliphatic carbocycles. The first-order chi connectivity index (χ1) is 12.5. The molecule has 0 aliphatic heterocycles. The van der Waals surface area contributed by atoms with Crippen LogP contribution in [0.5, 0.6) is 0 Å². The molecule has 26 heavy (non-hydrogen) atoms. The number of aromatic nitrogens is 3. The second kappa shape index (κ2) is 9.68. The lowest BCUT2D eigenvalue weighted by atomic mass is 10.2. The highest BCUT2D eigenvalue weighted by Gasteiger charge is 2.13. The minimum absolute atomic E-state index is 0.605. The predicted molar refractivity (Wildman–Crippen MR) is 107 cm³/mol. The summed E-state index contributed by atoms with van der Waals surface area (Å²) in [5, 5.41) is 11.2. The molecule has 0 saturated carbocycles. The molecule has 8 heteroatoms. The lowest BCUT2D eigenvalue weighted by Gasteiger charge is -2.21. The summed E-state index contributed by atoms with van der Waals surface area (Å²) in [6.07, 6.45) is 0. The number of thiazole rings is 1. The molecule has 2 aromatic heterocycles. The zero-order valence-corrected chi connectivity index (χ0v) is 17.5. The lowest BCUT2D eigenvalue weighted by Crippen LogP contribution is -2.38. The van der Waals surface area contributed by atoms with E-state index in [1.165, 1.54) is 5.56 Å². The Morgan fingerprint density at radius 2 is 2.15 bits per heavy atom. The van der Waals surface area contributed by atoms with Gasteiger partial charge in [0.05, 0.1) is 42.6 Å². The number of aliphatic imine (C=N–C) groups is 1. The molecule has 0 spiro atoms. The van der Waals surface area contributed by atoms with Crippen LogP contribution in [0.4, 0.5) is 0 Å². The Balaban J connectivity index is 2.12. The molecular weight excluding hydrogens is 348 g/mol. The van der Waals surface area contributed by atoms with Gasteiger partial charge in [-0.25, -0.2) is 9.98 Å². The van der Waals surface area contributed by atoms with Crippen LogP contribution in [0, 0.1) is 20.8 Å². The van der Waals surface area contributed by atoms with Crippen LogP contribution in [0.25, 0.3) is 0 Å². The van der Waals surface area contributed by atoms with E-state index in [9.17, 15) is 0 Å². The van der Waals surface area contributed by atoms with Gasteiger partial charge in [-0.1, -0.05) is 0 Å². The summed E-state index contributed by atoms with van der Waals surface area (Å²) in [6, 6.07) is 0. The first kappa shape index (κ1) is 20.4. The number of rotatable bonds is 8. The third kappa shape index (κ3) is 5.28. The van der Waals surface area contributed by atoms with Crippen LogP contribution in [0.2, 0.25) is 0 Å². The third-order valence-corrected chi connectivity index (χ3v) is 5.01. The summed E-state index contributed by atoms with van der Waals surface area (Å²) < 4.78 is 7.16. The van der Waals surface area contributed by atoms with Crippen molar-refractivity contribution in [3.8, 4) is 0 Å². The fraction of sp³-hybridized carbons (Fsp3) is 0.611. The second-order valence-corrected chi connectivity index (χ2v) is 7.31. The van der Waals surface area contributed by atoms with Crippen molar-refractivity contribution in [2.45, 2.75) is 47.3 Å². The summed E-state index contributed by atoms with van der Waals surface area (Å²) in [4.78, 5) is 11.5. The highest BCUT2D eigenvalue weighted by atomic mass is 32.1. The fourth-order valence-electron chi connectivity index (χ4n) is 2.78. The quantitative estimate of drug-likeness (QED) is 0.565. The number of hydrogen-bond donors (Lipinski definition) is 1. The van der Waals surface area contributed by atoms with Gasteiger partial charge in [0.2, 0.25) is 0 Å². The summed E-state index contributed by atoms with van der Waals surface area (Å²) in [5.74, 6) is 0.876. The van der Waals surface area contributed by atoms with Crippen molar-refractivity contribution in [3.63, 3.8) is 0 Å². The van der Waals surface area contributed by atoms with E-state index in [4.69, 9.17) is 9.73 Å². The summed E-state index contributed by atoms with van der Waals surface area (Å²) in [6.45, 7) is 11.8. The minimum atomic E-state index is 0.605. The van der Waals surface area contributed by atoms with Crippen LogP contribution < -0.4 is 5.32 Å². The smallest absolute Gasteiger partial charge is 0.194 e. The molecule has 2 aromatic rings. The van der Waals surface area contributed by atoms with Crippen LogP contribution >= 0.6 is 11.3 Å². The van der Waals surface area contributed by atoms with Gasteiger partial charge in [0, 0.05) is 37.3 Å². The molecule has 0 unspecified atom stereocenters. The molecule has 0 aromatic carbocycles. The Labute approximate surface area is 160 Å². The molecule has 2 rings (SSSR count). The normalized spacial score (nSPS) is 11.8. The maximum Gasteiger partial charge on any atom is 0.194 e. The summed E-state index contributed by atoms with van der Waals surface area (Å²) in [7, 11) is 3.75. The number of aryl methyl sites for hydroxylation is 2. The van der Waals surface area contributed by atoms with Crippen molar-refractivity contribution in [2.75, 3.05) is 27.3 Å². The van der Waals surface area contributed by atoms with Crippen molar-refractivity contribution < 1.29 is 4.74 Å². The average Bonchev–Trinajstić information content (AvgIpc) is 3.13. The van der Waals surface area contributed by atoms with Crippen molar-refractivity contribution in [1.29, 1.82) is 0 Å². The van der Waals surface area contributed by atoms with Gasteiger partial charge in [0.25, 0.3) is 0 Å². The Hall–Kier alpha value is -1.93. The van der Waals surface area contributed by atoms with Gasteiger partial charge in [-0.15, -0.1) is 11.3 Å². The molecule has 144 valence electrons. The molecule has 0 saturated heterocycles. The Kier molecular flexibility index (Phi) is 7.59. The zero-order chi connectivity index (χ0) is 19.1. The van der Waals surface area contributed by atoms with Crippen molar-refractivity contribution >= 4 is 17.3 Å². The van der Waals surface area contributed by atoms with E-state index < -0.39 is 0 Å². The molecular formula is C18H30N6OS. The number of methoxy groups -OCH3 is 1. The van der Waals surface area contributed by atoms with E-state index in [2.05, 4.69) is 39.5 Å². The van der Waals surface area contributed by atoms with Crippen LogP contribution in [0.15, 0.2) is 10.4 Å². The number of guanidine groups is 1. The molecule has 2 heterocycles. The van der Waals surface area contributed by atoms with Gasteiger partial charge < -0.3 is 15.0 Å². The molecule has 0 radical (unpaired) electrons. The molecule has 0 amide bonds. The first-order valence-corrected chi connectivity index (χ1v) is 9.76. The first-order valence-electron chi connectivity index (χ1n) is 8.88. The zero-order valence-electron chi connectivity index (χ0n) is 16.7. The molecule has 7 nitrogen and oxygen atoms in total. The van der Waals surface area contributed by atoms with E-state index in [1.54, 1.807) is 18.4 Å². The molecule has 0 fully saturated rings. The largest absolute Gasteiger partial charge is 0.383 e. The van der Waals surface area contributed by atoms with Crippen molar-refractivity contribution in [2.24, 2.45) is 4.99 Å². The van der Waals surface area contributed by atoms with Crippen LogP contribution in [-0.2, 0) is 24.4 Å². The molecule has 0 atom stereocenters. The van der Waals surface area contributed by atoms with Gasteiger partial charge >= 0.3 is 0 Å². The standard InChI is InChI=1S/C18H30N6OS/c1-7-19-18(23(5)11-16-12-26-15(4)21-16)20-10-17-13(2)22-24(14(17)3)8-9-25-6/h12H,7-11H2,1-6H3,(H,19,20). The summed E-state index contributed by atoms with van der Waals surface area (Å²) >= 11 is 1.68. The van der Waals surface area contributed by atoms with Gasteiger partial charge in [-0.3, -0.25) is 4.68 Å². The SMILES string of the molecule is CCNC(=NCc1c(C)nn(CCOC)c1C)N(C)Cc1csc(C)n1. The van der Waals surface area contributed by atoms with E-state index in [-0.39, 0.29) is 0 Å². The van der Waals surface area contributed by atoms with Crippen molar-refractivity contribution in [3.05, 3.63) is 33.0 Å². The molecule has 0 aliphatic rings. The lowest BCUT2D eigenvalue weighted by molar-refractivity contribution is 0.182. The van der Waals surface area contributed by atoms with Gasteiger partial charge in [-0.2, -0.15) is 5.10 Å². The number of hydrogen-bond acceptors (Lipinski definition) is 5. The van der Waals surface area contributed by atoms with Crippen molar-refractivity contribution in [1.82, 2.24) is 25.0 Å². The van der Waals surface area contributed by atoms with Gasteiger partial charge in [0.1, 0.15) is 0 Å². The fourth-order valence-corrected chi connectivity index (χ4v) is 3.38.